The molecule has 0 unspecified atom stereocenters. The van der Waals surface area contributed by atoms with E-state index in [1.54, 1.807) is 12.0 Å². The van der Waals surface area contributed by atoms with Gasteiger partial charge >= 0.3 is 0 Å². The maximum atomic E-state index is 14.0. The molecule has 2 aromatic carbocycles. The molecule has 3 N–H and O–H groups in total. The van der Waals surface area contributed by atoms with Crippen LogP contribution in [0.25, 0.3) is 11.1 Å². The second kappa shape index (κ2) is 13.0. The summed E-state index contributed by atoms with van der Waals surface area (Å²) in [6.45, 7) is 10.1. The van der Waals surface area contributed by atoms with Crippen LogP contribution in [0.2, 0.25) is 0 Å². The highest BCUT2D eigenvalue weighted by Gasteiger charge is 2.57. The van der Waals surface area contributed by atoms with E-state index in [2.05, 4.69) is 51.1 Å². The molecule has 250 valence electrons. The van der Waals surface area contributed by atoms with Crippen LogP contribution >= 0.6 is 0 Å². The summed E-state index contributed by atoms with van der Waals surface area (Å²) in [6, 6.07) is 15.5. The number of likely N-dealkylation sites (tertiary alicyclic amines) is 1. The van der Waals surface area contributed by atoms with E-state index in [0.29, 0.717) is 41.3 Å². The number of aliphatic hydroxyl groups excluding tert-OH is 2. The Morgan fingerprint density at radius 1 is 1.11 bits per heavy atom. The van der Waals surface area contributed by atoms with E-state index in [-0.39, 0.29) is 24.5 Å². The van der Waals surface area contributed by atoms with Gasteiger partial charge in [0.1, 0.15) is 12.1 Å². The number of fused-ring (bicyclic) bond motifs is 2. The summed E-state index contributed by atoms with van der Waals surface area (Å²) in [7, 11) is 4.12. The van der Waals surface area contributed by atoms with Crippen molar-refractivity contribution in [2.24, 2.45) is 29.1 Å². The molecule has 5 fully saturated rings. The topological polar surface area (TPSA) is 106 Å². The smallest absolute Gasteiger partial charge is 0.253 e. The zero-order valence-corrected chi connectivity index (χ0v) is 28.2. The molecule has 0 radical (unpaired) electrons. The maximum absolute atomic E-state index is 14.0. The third kappa shape index (κ3) is 6.13. The molecule has 0 aromatic heterocycles. The van der Waals surface area contributed by atoms with E-state index >= 15 is 0 Å². The molecule has 0 spiro atoms. The minimum absolute atomic E-state index is 0.0500. The van der Waals surface area contributed by atoms with Crippen LogP contribution in [0.15, 0.2) is 48.5 Å². The van der Waals surface area contributed by atoms with Gasteiger partial charge in [-0.1, -0.05) is 51.1 Å². The molecule has 9 nitrogen and oxygen atoms in total. The molecule has 2 saturated heterocycles. The van der Waals surface area contributed by atoms with Crippen LogP contribution in [0.5, 0.6) is 0 Å². The van der Waals surface area contributed by atoms with Crippen molar-refractivity contribution in [2.45, 2.75) is 83.8 Å². The second-order valence-corrected chi connectivity index (χ2v) is 15.2. The standard InChI is InChI=1S/C37H52N4O5/c1-22-30-17-28(37(30,3)4)18-31(22)38-35(44)34-33(23(2)43)32(21-42)46-41(34)19-24-9-7-10-25(15-24)26-11-8-12-27(16-26)36(45)40-14-13-29(20-40)39(5)6/h7-12,15-16,22-23,28-34,42-43H,13-14,17-21H2,1-6H3,(H,38,44)/t22-,23-,28-,29-,30+,31-,32-,33+,34-/m0/s1. The summed E-state index contributed by atoms with van der Waals surface area (Å²) in [6.07, 6.45) is 1.64. The van der Waals surface area contributed by atoms with Crippen molar-refractivity contribution >= 4 is 11.8 Å². The lowest BCUT2D eigenvalue weighted by atomic mass is 9.45. The van der Waals surface area contributed by atoms with Crippen molar-refractivity contribution in [1.82, 2.24) is 20.2 Å². The van der Waals surface area contributed by atoms with Gasteiger partial charge in [0.25, 0.3) is 5.91 Å². The molecular weight excluding hydrogens is 580 g/mol. The summed E-state index contributed by atoms with van der Waals surface area (Å²) in [5, 5.41) is 26.0. The molecule has 2 aromatic rings. The monoisotopic (exact) mass is 632 g/mol. The number of hydrogen-bond acceptors (Lipinski definition) is 7. The minimum Gasteiger partial charge on any atom is -0.394 e. The first kappa shape index (κ1) is 33.1. The number of amides is 2. The van der Waals surface area contributed by atoms with Crippen LogP contribution in [0.4, 0.5) is 0 Å². The number of carbonyl (C=O) groups excluding carboxylic acids is 2. The minimum atomic E-state index is -0.843. The Kier molecular flexibility index (Phi) is 9.35. The summed E-state index contributed by atoms with van der Waals surface area (Å²) < 4.78 is 0. The lowest BCUT2D eigenvalue weighted by Gasteiger charge is -2.62. The predicted octanol–water partition coefficient (Wildman–Crippen LogP) is 3.79. The number of aliphatic hydroxyl groups is 2. The van der Waals surface area contributed by atoms with Crippen molar-refractivity contribution in [1.29, 1.82) is 0 Å². The highest BCUT2D eigenvalue weighted by atomic mass is 16.7. The molecule has 2 amide bonds. The number of nitrogens with one attached hydrogen (secondary N) is 1. The zero-order chi connectivity index (χ0) is 32.9. The summed E-state index contributed by atoms with van der Waals surface area (Å²) in [5.41, 5.74) is 3.82. The molecule has 3 aliphatic carbocycles. The van der Waals surface area contributed by atoms with Crippen molar-refractivity contribution < 1.29 is 24.6 Å². The Bertz CT molecular complexity index is 1430. The highest BCUT2D eigenvalue weighted by Crippen LogP contribution is 2.61. The Balaban J connectivity index is 1.19. The molecule has 2 bridgehead atoms. The van der Waals surface area contributed by atoms with Crippen molar-refractivity contribution in [3.8, 4) is 11.1 Å². The maximum Gasteiger partial charge on any atom is 0.253 e. The van der Waals surface area contributed by atoms with Crippen LogP contribution in [0.1, 0.15) is 62.9 Å². The fourth-order valence-corrected chi connectivity index (χ4v) is 8.88. The molecule has 46 heavy (non-hydrogen) atoms. The van der Waals surface area contributed by atoms with Gasteiger partial charge in [0, 0.05) is 36.7 Å². The first-order valence-electron chi connectivity index (χ1n) is 17.1. The van der Waals surface area contributed by atoms with Gasteiger partial charge < -0.3 is 25.3 Å². The van der Waals surface area contributed by atoms with E-state index in [9.17, 15) is 19.8 Å². The second-order valence-electron chi connectivity index (χ2n) is 15.2. The molecular formula is C37H52N4O5. The lowest BCUT2D eigenvalue weighted by Crippen LogP contribution is -2.62. The van der Waals surface area contributed by atoms with Gasteiger partial charge in [0.15, 0.2) is 0 Å². The number of hydrogen-bond donors (Lipinski definition) is 3. The molecule has 5 aliphatic rings. The molecule has 2 heterocycles. The van der Waals surface area contributed by atoms with Gasteiger partial charge in [-0.15, -0.1) is 0 Å². The van der Waals surface area contributed by atoms with Crippen molar-refractivity contribution in [2.75, 3.05) is 33.8 Å². The zero-order valence-electron chi connectivity index (χ0n) is 28.2. The van der Waals surface area contributed by atoms with Crippen LogP contribution in [0.3, 0.4) is 0 Å². The van der Waals surface area contributed by atoms with Crippen LogP contribution in [-0.2, 0) is 16.2 Å². The Labute approximate surface area is 273 Å². The largest absolute Gasteiger partial charge is 0.394 e. The number of nitrogens with zero attached hydrogens (tertiary/aromatic N) is 3. The number of benzene rings is 2. The molecule has 3 saturated carbocycles. The number of hydroxylamine groups is 2. The van der Waals surface area contributed by atoms with Crippen LogP contribution in [0, 0.1) is 29.1 Å². The van der Waals surface area contributed by atoms with E-state index < -0.39 is 24.2 Å². The van der Waals surface area contributed by atoms with Gasteiger partial charge in [-0.2, -0.15) is 5.06 Å². The van der Waals surface area contributed by atoms with Crippen molar-refractivity contribution in [3.63, 3.8) is 0 Å². The van der Waals surface area contributed by atoms with Crippen LogP contribution in [-0.4, -0.2) is 101 Å². The Hall–Kier alpha value is -2.82. The van der Waals surface area contributed by atoms with E-state index in [1.165, 1.54) is 6.42 Å². The van der Waals surface area contributed by atoms with E-state index in [4.69, 9.17) is 4.84 Å². The normalized spacial score (nSPS) is 32.8. The number of rotatable bonds is 9. The van der Waals surface area contributed by atoms with Gasteiger partial charge in [-0.05, 0) is 98.3 Å². The summed E-state index contributed by atoms with van der Waals surface area (Å²) in [5.74, 6) is 0.894. The first-order chi connectivity index (χ1) is 21.9. The quantitative estimate of drug-likeness (QED) is 0.387. The average molecular weight is 633 g/mol. The summed E-state index contributed by atoms with van der Waals surface area (Å²) >= 11 is 0. The van der Waals surface area contributed by atoms with Gasteiger partial charge in [-0.25, -0.2) is 0 Å². The molecule has 9 heteroatoms. The molecule has 9 atom stereocenters. The first-order valence-corrected chi connectivity index (χ1v) is 17.1. The van der Waals surface area contributed by atoms with Gasteiger partial charge in [-0.3, -0.25) is 14.4 Å². The van der Waals surface area contributed by atoms with Crippen molar-refractivity contribution in [3.05, 3.63) is 59.7 Å². The van der Waals surface area contributed by atoms with Crippen LogP contribution < -0.4 is 5.32 Å². The van der Waals surface area contributed by atoms with Gasteiger partial charge in [0.05, 0.1) is 19.3 Å². The van der Waals surface area contributed by atoms with E-state index in [0.717, 1.165) is 42.6 Å². The average Bonchev–Trinajstić information content (AvgIpc) is 3.67. The third-order valence-corrected chi connectivity index (χ3v) is 12.0. The summed E-state index contributed by atoms with van der Waals surface area (Å²) in [4.78, 5) is 37.7. The fourth-order valence-electron chi connectivity index (χ4n) is 8.88. The highest BCUT2D eigenvalue weighted by molar-refractivity contribution is 5.95. The molecule has 2 aliphatic heterocycles. The van der Waals surface area contributed by atoms with E-state index in [1.807, 2.05) is 47.4 Å². The third-order valence-electron chi connectivity index (χ3n) is 12.0. The Morgan fingerprint density at radius 3 is 2.46 bits per heavy atom. The van der Waals surface area contributed by atoms with Gasteiger partial charge in [0.2, 0.25) is 5.91 Å². The fraction of sp³-hybridized carbons (Fsp3) is 0.622. The number of likely N-dealkylation sites (N-methyl/N-ethyl adjacent to an activating group) is 1. The Morgan fingerprint density at radius 2 is 1.83 bits per heavy atom. The number of carbonyl (C=O) groups is 2. The molecule has 7 rings (SSSR count). The lowest BCUT2D eigenvalue weighted by molar-refractivity contribution is -0.183. The predicted molar refractivity (Wildman–Crippen MR) is 177 cm³/mol. The SMILES string of the molecule is C[C@@H]1[C@@H](NC(=O)[C@@H]2[C@H]([C@H](C)O)[C@H](CO)ON2Cc2cccc(-c3cccc(C(=O)N4CC[C@H](N(C)C)C4)c3)c2)C[C@@H]2C[C@H]1C2(C)C.